The lowest BCUT2D eigenvalue weighted by atomic mass is 10.2. The minimum absolute atomic E-state index is 0.239. The summed E-state index contributed by atoms with van der Waals surface area (Å²) >= 11 is 0. The number of aromatic nitrogens is 1. The molecule has 0 bridgehead atoms. The van der Waals surface area contributed by atoms with Crippen LogP contribution in [0.15, 0.2) is 75.9 Å². The second-order valence-electron chi connectivity index (χ2n) is 6.53. The number of para-hydroxylation sites is 1. The largest absolute Gasteiger partial charge is 0.492 e. The van der Waals surface area contributed by atoms with Gasteiger partial charge in [-0.1, -0.05) is 23.4 Å². The van der Waals surface area contributed by atoms with Crippen LogP contribution in [0.2, 0.25) is 0 Å². The molecule has 0 saturated carbocycles. The number of nitrogens with zero attached hydrogens (tertiary/aromatic N) is 1. The van der Waals surface area contributed by atoms with Crippen LogP contribution in [0.5, 0.6) is 11.5 Å². The van der Waals surface area contributed by atoms with E-state index in [-0.39, 0.29) is 6.61 Å². The Morgan fingerprint density at radius 3 is 2.72 bits per heavy atom. The highest BCUT2D eigenvalue weighted by Crippen LogP contribution is 2.29. The minimum atomic E-state index is -0.590. The fraction of sp³-hybridized carbons (Fsp3) is 0.227. The van der Waals surface area contributed by atoms with Crippen LogP contribution >= 0.6 is 0 Å². The molecule has 0 aliphatic rings. The van der Waals surface area contributed by atoms with E-state index in [1.165, 1.54) is 6.26 Å². The maximum atomic E-state index is 9.98. The fourth-order valence-corrected chi connectivity index (χ4v) is 2.85. The van der Waals surface area contributed by atoms with Crippen LogP contribution in [-0.4, -0.2) is 42.7 Å². The predicted molar refractivity (Wildman–Crippen MR) is 108 cm³/mol. The lowest BCUT2D eigenvalue weighted by molar-refractivity contribution is 0.105. The molecule has 29 heavy (non-hydrogen) atoms. The summed E-state index contributed by atoms with van der Waals surface area (Å²) in [6.45, 7) is 1.75. The molecule has 0 unspecified atom stereocenters. The Labute approximate surface area is 167 Å². The van der Waals surface area contributed by atoms with Crippen LogP contribution in [0.1, 0.15) is 0 Å². The quantitative estimate of drug-likeness (QED) is 0.398. The number of furan rings is 1. The van der Waals surface area contributed by atoms with Gasteiger partial charge in [-0.2, -0.15) is 0 Å². The Bertz CT molecular complexity index is 1010. The highest BCUT2D eigenvalue weighted by atomic mass is 16.5. The number of benzene rings is 2. The van der Waals surface area contributed by atoms with E-state index >= 15 is 0 Å². The topological polar surface area (TPSA) is 89.9 Å². The summed E-state index contributed by atoms with van der Waals surface area (Å²) in [5.41, 5.74) is 1.41. The van der Waals surface area contributed by atoms with Gasteiger partial charge in [0.05, 0.1) is 0 Å². The molecular weight excluding hydrogens is 372 g/mol. The molecule has 0 fully saturated rings. The number of hydrogen-bond donors (Lipinski definition) is 2. The Kier molecular flexibility index (Phi) is 6.09. The smallest absolute Gasteiger partial charge is 0.157 e. The molecule has 1 atom stereocenters. The molecule has 2 aromatic carbocycles. The molecule has 0 radical (unpaired) electrons. The monoisotopic (exact) mass is 394 g/mol. The van der Waals surface area contributed by atoms with Crippen LogP contribution in [-0.2, 0) is 0 Å². The number of ether oxygens (including phenoxy) is 2. The summed E-state index contributed by atoms with van der Waals surface area (Å²) < 4.78 is 21.9. The number of fused-ring (bicyclic) bond motifs is 1. The molecule has 0 aliphatic heterocycles. The second kappa shape index (κ2) is 9.27. The van der Waals surface area contributed by atoms with E-state index in [0.717, 1.165) is 22.5 Å². The molecule has 2 heterocycles. The third-order valence-electron chi connectivity index (χ3n) is 4.29. The van der Waals surface area contributed by atoms with Crippen LogP contribution in [0.3, 0.4) is 0 Å². The van der Waals surface area contributed by atoms with E-state index < -0.39 is 6.10 Å². The van der Waals surface area contributed by atoms with Crippen molar-refractivity contribution in [1.82, 2.24) is 10.5 Å². The zero-order chi connectivity index (χ0) is 19.9. The first-order valence-electron chi connectivity index (χ1n) is 9.42. The number of rotatable bonds is 10. The van der Waals surface area contributed by atoms with Crippen molar-refractivity contribution in [2.24, 2.45) is 0 Å². The van der Waals surface area contributed by atoms with Gasteiger partial charge >= 0.3 is 0 Å². The van der Waals surface area contributed by atoms with Crippen molar-refractivity contribution in [3.8, 4) is 23.0 Å². The Morgan fingerprint density at radius 1 is 1.00 bits per heavy atom. The molecule has 0 spiro atoms. The Hall–Kier alpha value is -3.29. The first kappa shape index (κ1) is 19.0. The third-order valence-corrected chi connectivity index (χ3v) is 4.29. The second-order valence-corrected chi connectivity index (χ2v) is 6.53. The maximum Gasteiger partial charge on any atom is 0.157 e. The normalized spacial score (nSPS) is 12.2. The van der Waals surface area contributed by atoms with Crippen molar-refractivity contribution in [2.75, 3.05) is 26.3 Å². The molecule has 0 saturated heterocycles. The van der Waals surface area contributed by atoms with Crippen molar-refractivity contribution in [1.29, 1.82) is 0 Å². The summed E-state index contributed by atoms with van der Waals surface area (Å²) in [5.74, 6) is 2.15. The van der Waals surface area contributed by atoms with Gasteiger partial charge < -0.3 is 28.8 Å². The molecule has 150 valence electrons. The Balaban J connectivity index is 1.19. The lowest BCUT2D eigenvalue weighted by Gasteiger charge is -2.13. The van der Waals surface area contributed by atoms with Gasteiger partial charge in [0.25, 0.3) is 0 Å². The zero-order valence-electron chi connectivity index (χ0n) is 15.8. The van der Waals surface area contributed by atoms with Crippen molar-refractivity contribution in [3.05, 3.63) is 66.9 Å². The number of aliphatic hydroxyl groups excluding tert-OH is 1. The fourth-order valence-electron chi connectivity index (χ4n) is 2.85. The van der Waals surface area contributed by atoms with E-state index in [1.54, 1.807) is 6.07 Å². The van der Waals surface area contributed by atoms with Crippen LogP contribution in [0, 0.1) is 0 Å². The lowest BCUT2D eigenvalue weighted by Crippen LogP contribution is -2.33. The average Bonchev–Trinajstić information content (AvgIpc) is 3.42. The number of aliphatic hydroxyl groups is 1. The molecule has 4 rings (SSSR count). The standard InChI is InChI=1S/C22H22N2O5/c25-17(15-27-18-4-2-1-3-5-18)14-23-9-11-26-19-6-7-21-16(12-19)13-22(29-21)20-8-10-28-24-20/h1-8,10,12-13,17,23,25H,9,11,14-15H2/t17-/m0/s1. The van der Waals surface area contributed by atoms with Crippen molar-refractivity contribution in [2.45, 2.75) is 6.10 Å². The van der Waals surface area contributed by atoms with Gasteiger partial charge in [-0.05, 0) is 36.4 Å². The molecule has 7 nitrogen and oxygen atoms in total. The third kappa shape index (κ3) is 5.16. The minimum Gasteiger partial charge on any atom is -0.492 e. The van der Waals surface area contributed by atoms with Crippen LogP contribution in [0.4, 0.5) is 0 Å². The van der Waals surface area contributed by atoms with E-state index in [2.05, 4.69) is 10.5 Å². The van der Waals surface area contributed by atoms with E-state index in [9.17, 15) is 5.11 Å². The summed E-state index contributed by atoms with van der Waals surface area (Å²) in [6, 6.07) is 18.7. The maximum absolute atomic E-state index is 9.98. The first-order chi connectivity index (χ1) is 14.3. The predicted octanol–water partition coefficient (Wildman–Crippen LogP) is 3.50. The van der Waals surface area contributed by atoms with Gasteiger partial charge in [-0.3, -0.25) is 0 Å². The van der Waals surface area contributed by atoms with Gasteiger partial charge in [-0.25, -0.2) is 0 Å². The van der Waals surface area contributed by atoms with Crippen molar-refractivity contribution in [3.63, 3.8) is 0 Å². The van der Waals surface area contributed by atoms with Crippen LogP contribution < -0.4 is 14.8 Å². The van der Waals surface area contributed by atoms with E-state index in [4.69, 9.17) is 18.4 Å². The van der Waals surface area contributed by atoms with Gasteiger partial charge in [0, 0.05) is 24.5 Å². The van der Waals surface area contributed by atoms with E-state index in [0.29, 0.717) is 31.2 Å². The summed E-state index contributed by atoms with van der Waals surface area (Å²) in [5, 5.41) is 17.9. The zero-order valence-corrected chi connectivity index (χ0v) is 15.8. The Morgan fingerprint density at radius 2 is 1.90 bits per heavy atom. The van der Waals surface area contributed by atoms with Crippen LogP contribution in [0.25, 0.3) is 22.4 Å². The average molecular weight is 394 g/mol. The van der Waals surface area contributed by atoms with Gasteiger partial charge in [0.1, 0.15) is 48.4 Å². The summed E-state index contributed by atoms with van der Waals surface area (Å²) in [7, 11) is 0. The molecular formula is C22H22N2O5. The summed E-state index contributed by atoms with van der Waals surface area (Å²) in [4.78, 5) is 0. The van der Waals surface area contributed by atoms with Gasteiger partial charge in [-0.15, -0.1) is 0 Å². The number of hydrogen-bond acceptors (Lipinski definition) is 7. The molecule has 2 N–H and O–H groups in total. The molecule has 7 heteroatoms. The van der Waals surface area contributed by atoms with Crippen molar-refractivity contribution >= 4 is 11.0 Å². The highest BCUT2D eigenvalue weighted by Gasteiger charge is 2.10. The van der Waals surface area contributed by atoms with Gasteiger partial charge in [0.2, 0.25) is 0 Å². The summed E-state index contributed by atoms with van der Waals surface area (Å²) in [6.07, 6.45) is 0.918. The number of nitrogens with one attached hydrogen (secondary N) is 1. The molecule has 0 amide bonds. The highest BCUT2D eigenvalue weighted by molar-refractivity contribution is 5.83. The van der Waals surface area contributed by atoms with E-state index in [1.807, 2.05) is 54.6 Å². The molecule has 2 aromatic heterocycles. The molecule has 4 aromatic rings. The van der Waals surface area contributed by atoms with Crippen molar-refractivity contribution < 1.29 is 23.5 Å². The van der Waals surface area contributed by atoms with Gasteiger partial charge in [0.15, 0.2) is 5.76 Å². The first-order valence-corrected chi connectivity index (χ1v) is 9.42. The SMILES string of the molecule is O[C@@H](CNCCOc1ccc2oc(-c3ccon3)cc2c1)COc1ccccc1. The molecule has 0 aliphatic carbocycles.